The zero-order valence-corrected chi connectivity index (χ0v) is 17.4. The van der Waals surface area contributed by atoms with E-state index in [4.69, 9.17) is 16.3 Å². The number of aliphatic hydroxyl groups excluding tert-OH is 1. The minimum absolute atomic E-state index is 0.0375. The van der Waals surface area contributed by atoms with Crippen LogP contribution in [0.1, 0.15) is 10.4 Å². The fourth-order valence-electron chi connectivity index (χ4n) is 2.93. The van der Waals surface area contributed by atoms with Crippen LogP contribution in [0, 0.1) is 0 Å². The molecule has 0 aliphatic heterocycles. The molecule has 7 heteroatoms. The average Bonchev–Trinajstić information content (AvgIpc) is 3.23. The van der Waals surface area contributed by atoms with Crippen LogP contribution in [0.4, 0.5) is 5.69 Å². The highest BCUT2D eigenvalue weighted by atomic mass is 35.5. The standard InChI is InChI=1S/C23H19ClN2O3S/c24-17-6-8-18(9-7-17)29-20-4-2-1-3-19(20)26-22(27)14-25-23(28)16-5-10-21-15(13-16)11-12-30-21/h1-13,22,26-27H,14H2,(H,25,28). The maximum absolute atomic E-state index is 12.4. The molecule has 0 saturated carbocycles. The Kier molecular flexibility index (Phi) is 6.18. The number of aliphatic hydroxyl groups is 1. The zero-order valence-electron chi connectivity index (χ0n) is 15.8. The summed E-state index contributed by atoms with van der Waals surface area (Å²) in [4.78, 5) is 12.4. The summed E-state index contributed by atoms with van der Waals surface area (Å²) in [6, 6.07) is 21.8. The lowest BCUT2D eigenvalue weighted by atomic mass is 10.1. The van der Waals surface area contributed by atoms with Crippen molar-refractivity contribution < 1.29 is 14.6 Å². The molecule has 0 spiro atoms. The Hall–Kier alpha value is -3.06. The molecule has 152 valence electrons. The number of nitrogens with one attached hydrogen (secondary N) is 2. The Morgan fingerprint density at radius 3 is 2.70 bits per heavy atom. The molecule has 0 bridgehead atoms. The molecule has 0 radical (unpaired) electrons. The van der Waals surface area contributed by atoms with Crippen LogP contribution in [0.3, 0.4) is 0 Å². The molecule has 1 unspecified atom stereocenters. The maximum atomic E-state index is 12.4. The number of fused-ring (bicyclic) bond motifs is 1. The van der Waals surface area contributed by atoms with Gasteiger partial charge in [0, 0.05) is 15.3 Å². The number of hydrogen-bond donors (Lipinski definition) is 3. The van der Waals surface area contributed by atoms with E-state index < -0.39 is 6.23 Å². The summed E-state index contributed by atoms with van der Waals surface area (Å²) in [6.45, 7) is 0.0375. The number of carbonyl (C=O) groups is 1. The van der Waals surface area contributed by atoms with Crippen molar-refractivity contribution in [2.75, 3.05) is 11.9 Å². The summed E-state index contributed by atoms with van der Waals surface area (Å²) in [7, 11) is 0. The topological polar surface area (TPSA) is 70.6 Å². The number of rotatable bonds is 7. The SMILES string of the molecule is O=C(NCC(O)Nc1ccccc1Oc1ccc(Cl)cc1)c1ccc2sccc2c1. The number of para-hydroxylation sites is 2. The van der Waals surface area contributed by atoms with Gasteiger partial charge in [0.05, 0.1) is 12.2 Å². The van der Waals surface area contributed by atoms with E-state index in [0.29, 0.717) is 27.8 Å². The number of amides is 1. The van der Waals surface area contributed by atoms with Crippen molar-refractivity contribution in [2.24, 2.45) is 0 Å². The lowest BCUT2D eigenvalue weighted by Crippen LogP contribution is -2.36. The summed E-state index contributed by atoms with van der Waals surface area (Å²) >= 11 is 7.54. The monoisotopic (exact) mass is 438 g/mol. The van der Waals surface area contributed by atoms with E-state index in [0.717, 1.165) is 10.1 Å². The van der Waals surface area contributed by atoms with Crippen molar-refractivity contribution in [1.29, 1.82) is 0 Å². The smallest absolute Gasteiger partial charge is 0.251 e. The number of thiophene rings is 1. The number of benzene rings is 3. The van der Waals surface area contributed by atoms with Crippen molar-refractivity contribution >= 4 is 44.6 Å². The molecule has 3 aromatic carbocycles. The third-order valence-corrected chi connectivity index (χ3v) is 5.57. The van der Waals surface area contributed by atoms with Gasteiger partial charge in [-0.25, -0.2) is 0 Å². The second-order valence-electron chi connectivity index (χ2n) is 6.60. The Morgan fingerprint density at radius 2 is 1.87 bits per heavy atom. The van der Waals surface area contributed by atoms with E-state index in [-0.39, 0.29) is 12.5 Å². The number of hydrogen-bond acceptors (Lipinski definition) is 5. The highest BCUT2D eigenvalue weighted by molar-refractivity contribution is 7.17. The quantitative estimate of drug-likeness (QED) is 0.333. The van der Waals surface area contributed by atoms with Crippen LogP contribution in [0.25, 0.3) is 10.1 Å². The first-order valence-corrected chi connectivity index (χ1v) is 10.6. The molecule has 4 aromatic rings. The van der Waals surface area contributed by atoms with Gasteiger partial charge in [0.2, 0.25) is 0 Å². The largest absolute Gasteiger partial charge is 0.455 e. The van der Waals surface area contributed by atoms with Crippen LogP contribution in [-0.4, -0.2) is 23.8 Å². The molecule has 1 atom stereocenters. The summed E-state index contributed by atoms with van der Waals surface area (Å²) in [5, 5.41) is 19.7. The number of anilines is 1. The maximum Gasteiger partial charge on any atom is 0.251 e. The van der Waals surface area contributed by atoms with Crippen LogP contribution in [0.15, 0.2) is 78.2 Å². The van der Waals surface area contributed by atoms with Gasteiger partial charge in [0.15, 0.2) is 5.75 Å². The highest BCUT2D eigenvalue weighted by Gasteiger charge is 2.12. The lowest BCUT2D eigenvalue weighted by Gasteiger charge is -2.18. The van der Waals surface area contributed by atoms with Gasteiger partial charge < -0.3 is 20.5 Å². The Morgan fingerprint density at radius 1 is 1.07 bits per heavy atom. The Bertz CT molecular complexity index is 1160. The summed E-state index contributed by atoms with van der Waals surface area (Å²) < 4.78 is 7.01. The van der Waals surface area contributed by atoms with Crippen molar-refractivity contribution in [2.45, 2.75) is 6.23 Å². The van der Waals surface area contributed by atoms with Crippen molar-refractivity contribution in [3.05, 3.63) is 88.8 Å². The molecule has 1 amide bonds. The molecular formula is C23H19ClN2O3S. The fourth-order valence-corrected chi connectivity index (χ4v) is 3.83. The van der Waals surface area contributed by atoms with E-state index in [1.807, 2.05) is 35.7 Å². The van der Waals surface area contributed by atoms with E-state index in [1.165, 1.54) is 0 Å². The predicted molar refractivity (Wildman–Crippen MR) is 122 cm³/mol. The molecule has 0 aliphatic rings. The molecule has 5 nitrogen and oxygen atoms in total. The van der Waals surface area contributed by atoms with Gasteiger partial charge in [-0.2, -0.15) is 0 Å². The molecule has 30 heavy (non-hydrogen) atoms. The van der Waals surface area contributed by atoms with Crippen LogP contribution >= 0.6 is 22.9 Å². The normalized spacial score (nSPS) is 11.8. The fraction of sp³-hybridized carbons (Fsp3) is 0.0870. The van der Waals surface area contributed by atoms with E-state index >= 15 is 0 Å². The molecular weight excluding hydrogens is 420 g/mol. The minimum Gasteiger partial charge on any atom is -0.455 e. The average molecular weight is 439 g/mol. The van der Waals surface area contributed by atoms with Gasteiger partial charge in [-0.05, 0) is 71.4 Å². The lowest BCUT2D eigenvalue weighted by molar-refractivity contribution is 0.0927. The predicted octanol–water partition coefficient (Wildman–Crippen LogP) is 5.51. The number of ether oxygens (including phenoxy) is 1. The van der Waals surface area contributed by atoms with Crippen LogP contribution in [0.5, 0.6) is 11.5 Å². The highest BCUT2D eigenvalue weighted by Crippen LogP contribution is 2.30. The summed E-state index contributed by atoms with van der Waals surface area (Å²) in [5.41, 5.74) is 1.16. The first-order valence-electron chi connectivity index (χ1n) is 9.31. The van der Waals surface area contributed by atoms with E-state index in [9.17, 15) is 9.90 Å². The molecule has 1 heterocycles. The van der Waals surface area contributed by atoms with Crippen LogP contribution < -0.4 is 15.4 Å². The molecule has 3 N–H and O–H groups in total. The van der Waals surface area contributed by atoms with Gasteiger partial charge in [-0.15, -0.1) is 11.3 Å². The van der Waals surface area contributed by atoms with Gasteiger partial charge in [0.25, 0.3) is 5.91 Å². The van der Waals surface area contributed by atoms with Gasteiger partial charge in [-0.1, -0.05) is 23.7 Å². The first-order chi connectivity index (χ1) is 14.6. The molecule has 1 aromatic heterocycles. The van der Waals surface area contributed by atoms with Gasteiger partial charge >= 0.3 is 0 Å². The van der Waals surface area contributed by atoms with Gasteiger partial charge in [0.1, 0.15) is 12.0 Å². The minimum atomic E-state index is -0.992. The summed E-state index contributed by atoms with van der Waals surface area (Å²) in [6.07, 6.45) is -0.992. The van der Waals surface area contributed by atoms with Crippen molar-refractivity contribution in [1.82, 2.24) is 5.32 Å². The van der Waals surface area contributed by atoms with Crippen LogP contribution in [-0.2, 0) is 0 Å². The molecule has 0 aliphatic carbocycles. The van der Waals surface area contributed by atoms with Crippen molar-refractivity contribution in [3.8, 4) is 11.5 Å². The van der Waals surface area contributed by atoms with E-state index in [2.05, 4.69) is 10.6 Å². The number of halogens is 1. The number of carbonyl (C=O) groups excluding carboxylic acids is 1. The van der Waals surface area contributed by atoms with Crippen molar-refractivity contribution in [3.63, 3.8) is 0 Å². The van der Waals surface area contributed by atoms with Gasteiger partial charge in [-0.3, -0.25) is 4.79 Å². The van der Waals surface area contributed by atoms with Crippen LogP contribution in [0.2, 0.25) is 5.02 Å². The third-order valence-electron chi connectivity index (χ3n) is 4.42. The third kappa shape index (κ3) is 4.91. The molecule has 4 rings (SSSR count). The zero-order chi connectivity index (χ0) is 20.9. The second kappa shape index (κ2) is 9.17. The Balaban J connectivity index is 1.37. The molecule has 0 saturated heterocycles. The molecule has 0 fully saturated rings. The first kappa shape index (κ1) is 20.2. The Labute approximate surface area is 182 Å². The second-order valence-corrected chi connectivity index (χ2v) is 7.98. The van der Waals surface area contributed by atoms with E-state index in [1.54, 1.807) is 53.8 Å². The summed E-state index contributed by atoms with van der Waals surface area (Å²) in [5.74, 6) is 0.933.